The van der Waals surface area contributed by atoms with Gasteiger partial charge in [-0.3, -0.25) is 16.0 Å². The van der Waals surface area contributed by atoms with Crippen molar-refractivity contribution >= 4 is 15.9 Å². The van der Waals surface area contributed by atoms with Gasteiger partial charge in [0.2, 0.25) is 0 Å². The van der Waals surface area contributed by atoms with Crippen LogP contribution < -0.4 is 11.3 Å². The number of aromatic nitrogens is 2. The van der Waals surface area contributed by atoms with Crippen molar-refractivity contribution in [3.63, 3.8) is 0 Å². The van der Waals surface area contributed by atoms with Gasteiger partial charge in [0.1, 0.15) is 0 Å². The van der Waals surface area contributed by atoms with Gasteiger partial charge < -0.3 is 9.64 Å². The number of rotatable bonds is 4. The van der Waals surface area contributed by atoms with E-state index in [4.69, 9.17) is 10.6 Å². The SMILES string of the molecule is Cc1nn(C)c(CC(NN)C2CN(C)CCO2)c1Br. The van der Waals surface area contributed by atoms with Crippen molar-refractivity contribution in [3.05, 3.63) is 15.9 Å². The first-order chi connectivity index (χ1) is 9.02. The molecule has 2 heterocycles. The van der Waals surface area contributed by atoms with Crippen LogP contribution in [0.25, 0.3) is 0 Å². The number of likely N-dealkylation sites (N-methyl/N-ethyl adjacent to an activating group) is 1. The first-order valence-electron chi connectivity index (χ1n) is 6.47. The molecule has 1 aliphatic heterocycles. The lowest BCUT2D eigenvalue weighted by Gasteiger charge is -2.34. The highest BCUT2D eigenvalue weighted by Crippen LogP contribution is 2.23. The fourth-order valence-corrected chi connectivity index (χ4v) is 2.96. The normalized spacial score (nSPS) is 22.7. The van der Waals surface area contributed by atoms with Gasteiger partial charge >= 0.3 is 0 Å². The van der Waals surface area contributed by atoms with E-state index in [9.17, 15) is 0 Å². The second-order valence-electron chi connectivity index (χ2n) is 5.12. The summed E-state index contributed by atoms with van der Waals surface area (Å²) in [7, 11) is 4.06. The van der Waals surface area contributed by atoms with E-state index in [1.807, 2.05) is 18.7 Å². The third-order valence-electron chi connectivity index (χ3n) is 3.63. The molecule has 1 aliphatic rings. The number of hydrogen-bond acceptors (Lipinski definition) is 5. The third-order valence-corrected chi connectivity index (χ3v) is 4.67. The van der Waals surface area contributed by atoms with Gasteiger partial charge in [0.15, 0.2) is 0 Å². The van der Waals surface area contributed by atoms with Gasteiger partial charge in [-0.25, -0.2) is 0 Å². The Kier molecular flexibility index (Phi) is 4.97. The predicted octanol–water partition coefficient (Wildman–Crippen LogP) is 0.196. The smallest absolute Gasteiger partial charge is 0.0872 e. The molecule has 1 fully saturated rings. The molecule has 0 bridgehead atoms. The highest BCUT2D eigenvalue weighted by molar-refractivity contribution is 9.10. The monoisotopic (exact) mass is 331 g/mol. The zero-order chi connectivity index (χ0) is 14.0. The molecule has 1 saturated heterocycles. The molecule has 0 radical (unpaired) electrons. The van der Waals surface area contributed by atoms with E-state index in [1.54, 1.807) is 0 Å². The van der Waals surface area contributed by atoms with E-state index < -0.39 is 0 Å². The summed E-state index contributed by atoms with van der Waals surface area (Å²) in [5, 5.41) is 4.41. The number of hydrogen-bond donors (Lipinski definition) is 2. The Morgan fingerprint density at radius 3 is 2.84 bits per heavy atom. The molecule has 2 unspecified atom stereocenters. The fraction of sp³-hybridized carbons (Fsp3) is 0.750. The van der Waals surface area contributed by atoms with Crippen molar-refractivity contribution < 1.29 is 4.74 Å². The number of halogens is 1. The molecule has 1 aromatic rings. The molecule has 0 saturated carbocycles. The van der Waals surface area contributed by atoms with E-state index in [2.05, 4.69) is 38.4 Å². The van der Waals surface area contributed by atoms with E-state index in [0.717, 1.165) is 42.0 Å². The Hall–Kier alpha value is -0.470. The van der Waals surface area contributed by atoms with Crippen LogP contribution in [0, 0.1) is 6.92 Å². The van der Waals surface area contributed by atoms with Crippen molar-refractivity contribution in [1.29, 1.82) is 0 Å². The lowest BCUT2D eigenvalue weighted by Crippen LogP contribution is -2.54. The number of aryl methyl sites for hydroxylation is 2. The van der Waals surface area contributed by atoms with E-state index in [0.29, 0.717) is 0 Å². The Balaban J connectivity index is 2.10. The van der Waals surface area contributed by atoms with E-state index in [1.165, 1.54) is 0 Å². The molecule has 6 nitrogen and oxygen atoms in total. The number of nitrogens with zero attached hydrogens (tertiary/aromatic N) is 3. The molecule has 2 rings (SSSR count). The van der Waals surface area contributed by atoms with Gasteiger partial charge in [0.25, 0.3) is 0 Å². The van der Waals surface area contributed by atoms with E-state index >= 15 is 0 Å². The molecule has 0 spiro atoms. The number of ether oxygens (including phenoxy) is 1. The van der Waals surface area contributed by atoms with Gasteiger partial charge in [0.05, 0.1) is 34.6 Å². The van der Waals surface area contributed by atoms with Gasteiger partial charge in [-0.05, 0) is 29.9 Å². The highest BCUT2D eigenvalue weighted by Gasteiger charge is 2.28. The highest BCUT2D eigenvalue weighted by atomic mass is 79.9. The van der Waals surface area contributed by atoms with Crippen LogP contribution in [0.3, 0.4) is 0 Å². The molecule has 2 atom stereocenters. The summed E-state index contributed by atoms with van der Waals surface area (Å²) in [5.41, 5.74) is 5.02. The van der Waals surface area contributed by atoms with Crippen molar-refractivity contribution in [2.24, 2.45) is 12.9 Å². The lowest BCUT2D eigenvalue weighted by molar-refractivity contribution is -0.0387. The van der Waals surface area contributed by atoms with Crippen LogP contribution in [0.1, 0.15) is 11.4 Å². The van der Waals surface area contributed by atoms with Gasteiger partial charge in [-0.2, -0.15) is 5.10 Å². The molecule has 0 aromatic carbocycles. The summed E-state index contributed by atoms with van der Waals surface area (Å²) in [6, 6.07) is 0.0776. The minimum absolute atomic E-state index is 0.0776. The quantitative estimate of drug-likeness (QED) is 0.609. The van der Waals surface area contributed by atoms with Crippen LogP contribution in [0.5, 0.6) is 0 Å². The maximum atomic E-state index is 5.83. The summed E-state index contributed by atoms with van der Waals surface area (Å²) in [5.74, 6) is 5.71. The average molecular weight is 332 g/mol. The van der Waals surface area contributed by atoms with E-state index in [-0.39, 0.29) is 12.1 Å². The Bertz CT molecular complexity index is 436. The summed E-state index contributed by atoms with van der Waals surface area (Å²) >= 11 is 3.59. The summed E-state index contributed by atoms with van der Waals surface area (Å²) < 4.78 is 8.79. The number of hydrazine groups is 1. The standard InChI is InChI=1S/C12H22BrN5O/c1-8-12(13)10(18(3)16-8)6-9(15-14)11-7-17(2)4-5-19-11/h9,11,15H,4-7,14H2,1-3H3. The van der Waals surface area contributed by atoms with Crippen molar-refractivity contribution in [2.45, 2.75) is 25.5 Å². The zero-order valence-electron chi connectivity index (χ0n) is 11.7. The molecule has 7 heteroatoms. The molecule has 108 valence electrons. The second-order valence-corrected chi connectivity index (χ2v) is 5.91. The summed E-state index contributed by atoms with van der Waals surface area (Å²) in [6.07, 6.45) is 0.887. The Labute approximate surface area is 122 Å². The first-order valence-corrected chi connectivity index (χ1v) is 7.26. The molecule has 19 heavy (non-hydrogen) atoms. The maximum Gasteiger partial charge on any atom is 0.0872 e. The largest absolute Gasteiger partial charge is 0.374 e. The van der Waals surface area contributed by atoms with Gasteiger partial charge in [0, 0.05) is 26.6 Å². The van der Waals surface area contributed by atoms with Crippen LogP contribution in [0.15, 0.2) is 4.47 Å². The second kappa shape index (κ2) is 6.32. The minimum atomic E-state index is 0.0776. The van der Waals surface area contributed by atoms with Crippen molar-refractivity contribution in [1.82, 2.24) is 20.1 Å². The van der Waals surface area contributed by atoms with Crippen LogP contribution in [-0.2, 0) is 18.2 Å². The molecule has 1 aromatic heterocycles. The molecular formula is C12H22BrN5O. The minimum Gasteiger partial charge on any atom is -0.374 e. The number of morpholine rings is 1. The summed E-state index contributed by atoms with van der Waals surface area (Å²) in [4.78, 5) is 2.27. The van der Waals surface area contributed by atoms with Crippen LogP contribution in [-0.4, -0.2) is 53.6 Å². The fourth-order valence-electron chi connectivity index (χ4n) is 2.46. The van der Waals surface area contributed by atoms with Crippen LogP contribution in [0.2, 0.25) is 0 Å². The van der Waals surface area contributed by atoms with Crippen LogP contribution >= 0.6 is 15.9 Å². The van der Waals surface area contributed by atoms with Gasteiger partial charge in [-0.15, -0.1) is 0 Å². The van der Waals surface area contributed by atoms with Crippen LogP contribution in [0.4, 0.5) is 0 Å². The van der Waals surface area contributed by atoms with Crippen molar-refractivity contribution in [2.75, 3.05) is 26.7 Å². The molecule has 3 N–H and O–H groups in total. The first kappa shape index (κ1) is 14.9. The van der Waals surface area contributed by atoms with Gasteiger partial charge in [-0.1, -0.05) is 0 Å². The predicted molar refractivity (Wildman–Crippen MR) is 77.7 cm³/mol. The topological polar surface area (TPSA) is 68.3 Å². The summed E-state index contributed by atoms with van der Waals surface area (Å²) in [6.45, 7) is 4.61. The maximum absolute atomic E-state index is 5.83. The Morgan fingerprint density at radius 1 is 1.58 bits per heavy atom. The average Bonchev–Trinajstić information content (AvgIpc) is 2.61. The number of nitrogens with two attached hydrogens (primary N) is 1. The van der Waals surface area contributed by atoms with Crippen molar-refractivity contribution in [3.8, 4) is 0 Å². The molecule has 0 aliphatic carbocycles. The molecular weight excluding hydrogens is 310 g/mol. The number of nitrogens with one attached hydrogen (secondary N) is 1. The molecule has 0 amide bonds. The Morgan fingerprint density at radius 2 is 2.32 bits per heavy atom. The lowest BCUT2D eigenvalue weighted by atomic mass is 10.0. The third kappa shape index (κ3) is 3.35. The zero-order valence-corrected chi connectivity index (χ0v) is 13.3.